The van der Waals surface area contributed by atoms with Crippen molar-refractivity contribution in [3.8, 4) is 11.5 Å². The number of aryl methyl sites for hydroxylation is 1. The SMILES string of the molecule is COc1ccccc1CNC(=O)COc1ccc(C)cc1Br. The molecule has 0 aromatic heterocycles. The zero-order valence-corrected chi connectivity index (χ0v) is 14.1. The topological polar surface area (TPSA) is 47.6 Å². The van der Waals surface area contributed by atoms with Gasteiger partial charge in [-0.3, -0.25) is 4.79 Å². The van der Waals surface area contributed by atoms with Crippen LogP contribution in [0.15, 0.2) is 46.9 Å². The molecule has 0 fully saturated rings. The van der Waals surface area contributed by atoms with Crippen LogP contribution in [-0.2, 0) is 11.3 Å². The van der Waals surface area contributed by atoms with Crippen LogP contribution in [0.5, 0.6) is 11.5 Å². The minimum atomic E-state index is -0.182. The van der Waals surface area contributed by atoms with Gasteiger partial charge in [0, 0.05) is 12.1 Å². The number of hydrogen-bond donors (Lipinski definition) is 1. The molecule has 1 amide bonds. The Labute approximate surface area is 138 Å². The van der Waals surface area contributed by atoms with Gasteiger partial charge in [-0.05, 0) is 46.6 Å². The molecule has 2 aromatic rings. The highest BCUT2D eigenvalue weighted by molar-refractivity contribution is 9.10. The van der Waals surface area contributed by atoms with Gasteiger partial charge in [0.25, 0.3) is 5.91 Å². The number of nitrogens with one attached hydrogen (secondary N) is 1. The first-order valence-corrected chi connectivity index (χ1v) is 7.67. The van der Waals surface area contributed by atoms with E-state index in [1.807, 2.05) is 49.4 Å². The zero-order valence-electron chi connectivity index (χ0n) is 12.6. The van der Waals surface area contributed by atoms with Gasteiger partial charge in [0.15, 0.2) is 6.61 Å². The molecule has 2 rings (SSSR count). The predicted octanol–water partition coefficient (Wildman–Crippen LogP) is 3.46. The van der Waals surface area contributed by atoms with E-state index in [0.29, 0.717) is 12.3 Å². The van der Waals surface area contributed by atoms with E-state index in [1.165, 1.54) is 0 Å². The van der Waals surface area contributed by atoms with Gasteiger partial charge < -0.3 is 14.8 Å². The quantitative estimate of drug-likeness (QED) is 0.854. The van der Waals surface area contributed by atoms with Gasteiger partial charge in [-0.15, -0.1) is 0 Å². The summed E-state index contributed by atoms with van der Waals surface area (Å²) in [7, 11) is 1.61. The lowest BCUT2D eigenvalue weighted by atomic mass is 10.2. The van der Waals surface area contributed by atoms with Crippen LogP contribution in [0.4, 0.5) is 0 Å². The first kappa shape index (κ1) is 16.4. The summed E-state index contributed by atoms with van der Waals surface area (Å²) in [6.07, 6.45) is 0. The number of rotatable bonds is 6. The van der Waals surface area contributed by atoms with E-state index in [-0.39, 0.29) is 12.5 Å². The number of carbonyl (C=O) groups is 1. The summed E-state index contributed by atoms with van der Waals surface area (Å²) in [5, 5.41) is 2.82. The fourth-order valence-corrected chi connectivity index (χ4v) is 2.57. The molecule has 1 N–H and O–H groups in total. The molecule has 0 unspecified atom stereocenters. The molecule has 0 aliphatic carbocycles. The van der Waals surface area contributed by atoms with Crippen LogP contribution >= 0.6 is 15.9 Å². The average Bonchev–Trinajstić information content (AvgIpc) is 2.52. The number of methoxy groups -OCH3 is 1. The van der Waals surface area contributed by atoms with E-state index < -0.39 is 0 Å². The number of hydrogen-bond acceptors (Lipinski definition) is 3. The van der Waals surface area contributed by atoms with Crippen LogP contribution in [-0.4, -0.2) is 19.6 Å². The average molecular weight is 364 g/mol. The number of carbonyl (C=O) groups excluding carboxylic acids is 1. The van der Waals surface area contributed by atoms with Crippen molar-refractivity contribution in [2.75, 3.05) is 13.7 Å². The molecule has 0 heterocycles. The second kappa shape index (κ2) is 7.84. The van der Waals surface area contributed by atoms with Crippen molar-refractivity contribution in [2.45, 2.75) is 13.5 Å². The van der Waals surface area contributed by atoms with Crippen molar-refractivity contribution < 1.29 is 14.3 Å². The zero-order chi connectivity index (χ0) is 15.9. The maximum Gasteiger partial charge on any atom is 0.258 e. The third-order valence-corrected chi connectivity index (χ3v) is 3.73. The van der Waals surface area contributed by atoms with E-state index >= 15 is 0 Å². The standard InChI is InChI=1S/C17H18BrNO3/c1-12-7-8-16(14(18)9-12)22-11-17(20)19-10-13-5-3-4-6-15(13)21-2/h3-9H,10-11H2,1-2H3,(H,19,20). The Morgan fingerprint density at radius 3 is 2.68 bits per heavy atom. The highest BCUT2D eigenvalue weighted by Gasteiger charge is 2.07. The Bertz CT molecular complexity index is 658. The van der Waals surface area contributed by atoms with Crippen molar-refractivity contribution in [3.63, 3.8) is 0 Å². The van der Waals surface area contributed by atoms with E-state index in [2.05, 4.69) is 21.2 Å². The number of para-hydroxylation sites is 1. The molecule has 0 bridgehead atoms. The van der Waals surface area contributed by atoms with Gasteiger partial charge in [0.2, 0.25) is 0 Å². The molecule has 0 atom stereocenters. The Balaban J connectivity index is 1.85. The normalized spacial score (nSPS) is 10.1. The second-order valence-corrected chi connectivity index (χ2v) is 5.67. The first-order chi connectivity index (χ1) is 10.6. The largest absolute Gasteiger partial charge is 0.496 e. The minimum absolute atomic E-state index is 0.0309. The lowest BCUT2D eigenvalue weighted by molar-refractivity contribution is -0.123. The summed E-state index contributed by atoms with van der Waals surface area (Å²) in [4.78, 5) is 11.9. The number of ether oxygens (including phenoxy) is 2. The van der Waals surface area contributed by atoms with Crippen LogP contribution in [0.2, 0.25) is 0 Å². The highest BCUT2D eigenvalue weighted by Crippen LogP contribution is 2.25. The Morgan fingerprint density at radius 2 is 1.95 bits per heavy atom. The molecule has 0 saturated carbocycles. The maximum atomic E-state index is 11.9. The summed E-state index contributed by atoms with van der Waals surface area (Å²) in [5.41, 5.74) is 2.05. The molecule has 5 heteroatoms. The third kappa shape index (κ3) is 4.49. The molecule has 0 saturated heterocycles. The molecule has 0 spiro atoms. The summed E-state index contributed by atoms with van der Waals surface area (Å²) in [6, 6.07) is 13.3. The van der Waals surface area contributed by atoms with Crippen LogP contribution in [0.1, 0.15) is 11.1 Å². The smallest absolute Gasteiger partial charge is 0.258 e. The molecule has 0 aliphatic rings. The predicted molar refractivity (Wildman–Crippen MR) is 89.2 cm³/mol. The minimum Gasteiger partial charge on any atom is -0.496 e. The van der Waals surface area contributed by atoms with Crippen LogP contribution in [0.25, 0.3) is 0 Å². The van der Waals surface area contributed by atoms with E-state index in [1.54, 1.807) is 7.11 Å². The monoisotopic (exact) mass is 363 g/mol. The number of halogens is 1. The van der Waals surface area contributed by atoms with Crippen molar-refractivity contribution in [1.82, 2.24) is 5.32 Å². The Hall–Kier alpha value is -2.01. The van der Waals surface area contributed by atoms with Crippen LogP contribution < -0.4 is 14.8 Å². The lowest BCUT2D eigenvalue weighted by Crippen LogP contribution is -2.28. The first-order valence-electron chi connectivity index (χ1n) is 6.87. The van der Waals surface area contributed by atoms with Crippen molar-refractivity contribution in [3.05, 3.63) is 58.1 Å². The summed E-state index contributed by atoms with van der Waals surface area (Å²) in [6.45, 7) is 2.37. The van der Waals surface area contributed by atoms with Gasteiger partial charge in [-0.25, -0.2) is 0 Å². The van der Waals surface area contributed by atoms with E-state index in [4.69, 9.17) is 9.47 Å². The molecule has 0 aliphatic heterocycles. The molecule has 2 aromatic carbocycles. The van der Waals surface area contributed by atoms with Crippen LogP contribution in [0, 0.1) is 6.92 Å². The van der Waals surface area contributed by atoms with Crippen molar-refractivity contribution in [1.29, 1.82) is 0 Å². The van der Waals surface area contributed by atoms with Crippen molar-refractivity contribution >= 4 is 21.8 Å². The summed E-state index contributed by atoms with van der Waals surface area (Å²) >= 11 is 3.42. The van der Waals surface area contributed by atoms with Gasteiger partial charge in [0.1, 0.15) is 11.5 Å². The van der Waals surface area contributed by atoms with E-state index in [0.717, 1.165) is 21.3 Å². The van der Waals surface area contributed by atoms with Gasteiger partial charge in [-0.1, -0.05) is 24.3 Å². The molecule has 0 radical (unpaired) electrons. The van der Waals surface area contributed by atoms with Gasteiger partial charge >= 0.3 is 0 Å². The van der Waals surface area contributed by atoms with Gasteiger partial charge in [0.05, 0.1) is 11.6 Å². The Morgan fingerprint density at radius 1 is 1.18 bits per heavy atom. The lowest BCUT2D eigenvalue weighted by Gasteiger charge is -2.11. The van der Waals surface area contributed by atoms with Crippen LogP contribution in [0.3, 0.4) is 0 Å². The molecule has 116 valence electrons. The Kier molecular flexibility index (Phi) is 5.83. The molecule has 22 heavy (non-hydrogen) atoms. The highest BCUT2D eigenvalue weighted by atomic mass is 79.9. The van der Waals surface area contributed by atoms with Gasteiger partial charge in [-0.2, -0.15) is 0 Å². The summed E-state index contributed by atoms with van der Waals surface area (Å²) < 4.78 is 11.6. The third-order valence-electron chi connectivity index (χ3n) is 3.11. The molecular weight excluding hydrogens is 346 g/mol. The number of benzene rings is 2. The molecule has 4 nitrogen and oxygen atoms in total. The molecular formula is C17H18BrNO3. The number of amides is 1. The second-order valence-electron chi connectivity index (χ2n) is 4.81. The van der Waals surface area contributed by atoms with E-state index in [9.17, 15) is 4.79 Å². The summed E-state index contributed by atoms with van der Waals surface area (Å²) in [5.74, 6) is 1.22. The maximum absolute atomic E-state index is 11.9. The fraction of sp³-hybridized carbons (Fsp3) is 0.235. The fourth-order valence-electron chi connectivity index (χ4n) is 1.96. The van der Waals surface area contributed by atoms with Crippen molar-refractivity contribution in [2.24, 2.45) is 0 Å².